The van der Waals surface area contributed by atoms with Gasteiger partial charge in [-0.2, -0.15) is 0 Å². The summed E-state index contributed by atoms with van der Waals surface area (Å²) in [5, 5.41) is 22.4. The second-order valence-electron chi connectivity index (χ2n) is 9.37. The number of methoxy groups -OCH3 is 1. The Morgan fingerprint density at radius 2 is 1.97 bits per heavy atom. The number of aliphatic hydroxyl groups is 2. The molecule has 0 unspecified atom stereocenters. The third kappa shape index (κ3) is 4.40. The lowest BCUT2D eigenvalue weighted by Gasteiger charge is -2.40. The summed E-state index contributed by atoms with van der Waals surface area (Å²) in [6.07, 6.45) is 1.66. The number of benzene rings is 2. The van der Waals surface area contributed by atoms with E-state index in [1.165, 1.54) is 0 Å². The van der Waals surface area contributed by atoms with Crippen LogP contribution in [0.1, 0.15) is 49.5 Å². The number of carbonyl (C=O) groups excluding carboxylic acids is 1. The van der Waals surface area contributed by atoms with E-state index in [9.17, 15) is 15.0 Å². The summed E-state index contributed by atoms with van der Waals surface area (Å²) >= 11 is 0. The molecule has 4 rings (SSSR count). The van der Waals surface area contributed by atoms with Crippen LogP contribution in [0.15, 0.2) is 42.5 Å². The van der Waals surface area contributed by atoms with Crippen LogP contribution in [-0.2, 0) is 16.8 Å². The summed E-state index contributed by atoms with van der Waals surface area (Å²) in [4.78, 5) is 16.4. The Labute approximate surface area is 190 Å². The minimum Gasteiger partial charge on any atom is -0.496 e. The highest BCUT2D eigenvalue weighted by Crippen LogP contribution is 2.38. The molecule has 2 aromatic rings. The van der Waals surface area contributed by atoms with E-state index in [-0.39, 0.29) is 11.8 Å². The average molecular weight is 439 g/mol. The zero-order valence-electron chi connectivity index (χ0n) is 19.3. The van der Waals surface area contributed by atoms with Gasteiger partial charge in [0.2, 0.25) is 5.91 Å². The van der Waals surface area contributed by atoms with Crippen molar-refractivity contribution in [1.82, 2.24) is 4.90 Å². The molecule has 1 fully saturated rings. The third-order valence-corrected chi connectivity index (χ3v) is 6.73. The van der Waals surface area contributed by atoms with Crippen molar-refractivity contribution in [1.29, 1.82) is 0 Å². The van der Waals surface area contributed by atoms with E-state index >= 15 is 0 Å². The van der Waals surface area contributed by atoms with E-state index in [1.807, 2.05) is 61.2 Å². The van der Waals surface area contributed by atoms with E-state index in [0.717, 1.165) is 41.8 Å². The molecular formula is C26H34N2O4. The number of aliphatic hydroxyl groups excluding tert-OH is 1. The minimum atomic E-state index is -1.000. The maximum Gasteiger partial charge on any atom is 0.229 e. The van der Waals surface area contributed by atoms with Crippen molar-refractivity contribution >= 4 is 11.6 Å². The van der Waals surface area contributed by atoms with Gasteiger partial charge in [0.25, 0.3) is 0 Å². The van der Waals surface area contributed by atoms with Crippen LogP contribution in [0.25, 0.3) is 0 Å². The lowest BCUT2D eigenvalue weighted by atomic mass is 9.85. The fraction of sp³-hybridized carbons (Fsp3) is 0.500. The molecule has 2 aliphatic heterocycles. The number of piperidine rings is 1. The first-order valence-corrected chi connectivity index (χ1v) is 11.5. The number of amides is 1. The van der Waals surface area contributed by atoms with Crippen molar-refractivity contribution in [2.75, 3.05) is 38.2 Å². The van der Waals surface area contributed by atoms with Crippen LogP contribution >= 0.6 is 0 Å². The van der Waals surface area contributed by atoms with Gasteiger partial charge >= 0.3 is 0 Å². The molecule has 6 nitrogen and oxygen atoms in total. The first-order valence-electron chi connectivity index (χ1n) is 11.5. The van der Waals surface area contributed by atoms with Gasteiger partial charge in [-0.1, -0.05) is 44.2 Å². The molecule has 2 heterocycles. The molecule has 0 saturated carbocycles. The van der Waals surface area contributed by atoms with Crippen LogP contribution in [0.2, 0.25) is 0 Å². The Kier molecular flexibility index (Phi) is 6.56. The Balaban J connectivity index is 1.46. The topological polar surface area (TPSA) is 73.2 Å². The third-order valence-electron chi connectivity index (χ3n) is 6.73. The molecule has 0 spiro atoms. The van der Waals surface area contributed by atoms with Crippen LogP contribution in [0, 0.1) is 5.92 Å². The summed E-state index contributed by atoms with van der Waals surface area (Å²) in [7, 11) is 1.62. The van der Waals surface area contributed by atoms with E-state index in [0.29, 0.717) is 31.8 Å². The molecule has 0 aliphatic carbocycles. The Morgan fingerprint density at radius 3 is 2.72 bits per heavy atom. The number of nitrogens with zero attached hydrogens (tertiary/aromatic N) is 2. The Bertz CT molecular complexity index is 976. The van der Waals surface area contributed by atoms with Crippen LogP contribution < -0.4 is 9.64 Å². The molecule has 0 aromatic heterocycles. The predicted octanol–water partition coefficient (Wildman–Crippen LogP) is 3.26. The SMILES string of the molecule is COc1ccccc1[C@]1(O)CCCN(C[C@@H](O)c2ccc3c(c2)CCN3C(=O)C(C)C)C1. The van der Waals surface area contributed by atoms with Crippen molar-refractivity contribution in [2.45, 2.75) is 44.8 Å². The first kappa shape index (κ1) is 22.8. The molecule has 0 radical (unpaired) electrons. The van der Waals surface area contributed by atoms with Gasteiger partial charge < -0.3 is 19.8 Å². The van der Waals surface area contributed by atoms with Crippen molar-refractivity contribution in [3.63, 3.8) is 0 Å². The van der Waals surface area contributed by atoms with E-state index in [1.54, 1.807) is 7.11 Å². The number of hydrogen-bond donors (Lipinski definition) is 2. The molecule has 1 amide bonds. The second kappa shape index (κ2) is 9.22. The number of carbonyl (C=O) groups is 1. The molecule has 172 valence electrons. The molecule has 0 bridgehead atoms. The van der Waals surface area contributed by atoms with E-state index < -0.39 is 11.7 Å². The van der Waals surface area contributed by atoms with Crippen LogP contribution in [0.4, 0.5) is 5.69 Å². The highest BCUT2D eigenvalue weighted by molar-refractivity contribution is 5.96. The van der Waals surface area contributed by atoms with Gasteiger partial charge in [0.15, 0.2) is 0 Å². The van der Waals surface area contributed by atoms with Crippen LogP contribution in [-0.4, -0.2) is 54.3 Å². The second-order valence-corrected chi connectivity index (χ2v) is 9.37. The molecular weight excluding hydrogens is 404 g/mol. The van der Waals surface area contributed by atoms with E-state index in [4.69, 9.17) is 4.74 Å². The van der Waals surface area contributed by atoms with Crippen molar-refractivity contribution in [3.8, 4) is 5.75 Å². The monoisotopic (exact) mass is 438 g/mol. The minimum absolute atomic E-state index is 0.0349. The molecule has 2 aromatic carbocycles. The van der Waals surface area contributed by atoms with Crippen molar-refractivity contribution in [3.05, 3.63) is 59.2 Å². The predicted molar refractivity (Wildman–Crippen MR) is 125 cm³/mol. The molecule has 32 heavy (non-hydrogen) atoms. The van der Waals surface area contributed by atoms with Gasteiger partial charge in [-0.05, 0) is 49.1 Å². The maximum atomic E-state index is 12.5. The quantitative estimate of drug-likeness (QED) is 0.724. The van der Waals surface area contributed by atoms with Gasteiger partial charge in [-0.15, -0.1) is 0 Å². The zero-order chi connectivity index (χ0) is 22.9. The summed E-state index contributed by atoms with van der Waals surface area (Å²) in [5.74, 6) is 0.796. The molecule has 2 atom stereocenters. The van der Waals surface area contributed by atoms with Crippen LogP contribution in [0.3, 0.4) is 0 Å². The fourth-order valence-corrected chi connectivity index (χ4v) is 5.05. The smallest absolute Gasteiger partial charge is 0.229 e. The first-order chi connectivity index (χ1) is 15.3. The maximum absolute atomic E-state index is 12.5. The average Bonchev–Trinajstić information content (AvgIpc) is 3.21. The molecule has 2 aliphatic rings. The highest BCUT2D eigenvalue weighted by atomic mass is 16.5. The Hall–Kier alpha value is -2.41. The normalized spacial score (nSPS) is 22.1. The highest BCUT2D eigenvalue weighted by Gasteiger charge is 2.37. The van der Waals surface area contributed by atoms with E-state index in [2.05, 4.69) is 4.90 Å². The Morgan fingerprint density at radius 1 is 1.19 bits per heavy atom. The molecule has 6 heteroatoms. The summed E-state index contributed by atoms with van der Waals surface area (Å²) in [6.45, 7) is 6.27. The number of fused-ring (bicyclic) bond motifs is 1. The summed E-state index contributed by atoms with van der Waals surface area (Å²) < 4.78 is 5.48. The molecule has 2 N–H and O–H groups in total. The summed E-state index contributed by atoms with van der Waals surface area (Å²) in [6, 6.07) is 13.5. The van der Waals surface area contributed by atoms with Crippen LogP contribution in [0.5, 0.6) is 5.75 Å². The lowest BCUT2D eigenvalue weighted by molar-refractivity contribution is -0.121. The van der Waals surface area contributed by atoms with Crippen molar-refractivity contribution < 1.29 is 19.7 Å². The number of hydrogen-bond acceptors (Lipinski definition) is 5. The number of ether oxygens (including phenoxy) is 1. The van der Waals surface area contributed by atoms with Gasteiger partial charge in [-0.25, -0.2) is 0 Å². The standard InChI is InChI=1S/C26H34N2O4/c1-18(2)25(30)28-14-11-19-15-20(9-10-22(19)28)23(29)16-27-13-6-12-26(31,17-27)21-7-4-5-8-24(21)32-3/h4-5,7-10,15,18,23,29,31H,6,11-14,16-17H2,1-3H3/t23-,26+/m1/s1. The number of β-amino-alcohol motifs (C(OH)–C–C–N with tert-alkyl or cyclic N) is 2. The van der Waals surface area contributed by atoms with Gasteiger partial charge in [0.1, 0.15) is 11.4 Å². The molecule has 1 saturated heterocycles. The zero-order valence-corrected chi connectivity index (χ0v) is 19.3. The van der Waals surface area contributed by atoms with Gasteiger partial charge in [0, 0.05) is 36.8 Å². The van der Waals surface area contributed by atoms with Crippen molar-refractivity contribution in [2.24, 2.45) is 5.92 Å². The number of anilines is 1. The number of rotatable bonds is 6. The summed E-state index contributed by atoms with van der Waals surface area (Å²) in [5.41, 5.74) is 2.73. The lowest BCUT2D eigenvalue weighted by Crippen LogP contribution is -2.47. The fourth-order valence-electron chi connectivity index (χ4n) is 5.05. The largest absolute Gasteiger partial charge is 0.496 e. The van der Waals surface area contributed by atoms with Gasteiger partial charge in [0.05, 0.1) is 13.2 Å². The number of likely N-dealkylation sites (tertiary alicyclic amines) is 1. The number of para-hydroxylation sites is 1. The van der Waals surface area contributed by atoms with Gasteiger partial charge in [-0.3, -0.25) is 9.69 Å².